The van der Waals surface area contributed by atoms with E-state index in [4.69, 9.17) is 18.9 Å². The van der Waals surface area contributed by atoms with E-state index in [9.17, 15) is 5.11 Å². The zero-order valence-electron chi connectivity index (χ0n) is 18.2. The Morgan fingerprint density at radius 1 is 0.594 bits per heavy atom. The van der Waals surface area contributed by atoms with Gasteiger partial charge in [0, 0.05) is 0 Å². The Morgan fingerprint density at radius 3 is 1.41 bits per heavy atom. The van der Waals surface area contributed by atoms with Gasteiger partial charge in [-0.25, -0.2) is 0 Å². The molecule has 32 heavy (non-hydrogen) atoms. The number of benzene rings is 3. The summed E-state index contributed by atoms with van der Waals surface area (Å²) in [7, 11) is 0. The molecule has 0 unspecified atom stereocenters. The van der Waals surface area contributed by atoms with Crippen molar-refractivity contribution in [2.75, 3.05) is 0 Å². The molecule has 0 amide bonds. The zero-order chi connectivity index (χ0) is 22.2. The van der Waals surface area contributed by atoms with Crippen LogP contribution in [0.25, 0.3) is 0 Å². The molecule has 1 saturated heterocycles. The highest BCUT2D eigenvalue weighted by molar-refractivity contribution is 5.15. The van der Waals surface area contributed by atoms with Crippen molar-refractivity contribution >= 4 is 0 Å². The van der Waals surface area contributed by atoms with Crippen molar-refractivity contribution in [3.8, 4) is 0 Å². The van der Waals surface area contributed by atoms with Gasteiger partial charge in [-0.1, -0.05) is 91.0 Å². The summed E-state index contributed by atoms with van der Waals surface area (Å²) in [5.41, 5.74) is 3.13. The van der Waals surface area contributed by atoms with Crippen molar-refractivity contribution < 1.29 is 24.1 Å². The van der Waals surface area contributed by atoms with E-state index < -0.39 is 24.6 Å². The van der Waals surface area contributed by atoms with Crippen LogP contribution < -0.4 is 0 Å². The van der Waals surface area contributed by atoms with Gasteiger partial charge >= 0.3 is 0 Å². The van der Waals surface area contributed by atoms with Crippen LogP contribution in [0, 0.1) is 0 Å². The molecule has 3 aromatic rings. The highest BCUT2D eigenvalue weighted by Crippen LogP contribution is 2.29. The first-order valence-corrected chi connectivity index (χ1v) is 11.0. The number of rotatable bonds is 9. The van der Waals surface area contributed by atoms with E-state index >= 15 is 0 Å². The molecule has 0 saturated carbocycles. The van der Waals surface area contributed by atoms with Gasteiger partial charge in [-0.3, -0.25) is 0 Å². The highest BCUT2D eigenvalue weighted by atomic mass is 16.7. The van der Waals surface area contributed by atoms with Gasteiger partial charge in [-0.2, -0.15) is 0 Å². The Bertz CT molecular complexity index is 863. The van der Waals surface area contributed by atoms with Gasteiger partial charge < -0.3 is 24.1 Å². The van der Waals surface area contributed by atoms with Crippen molar-refractivity contribution in [3.05, 3.63) is 108 Å². The van der Waals surface area contributed by atoms with E-state index in [2.05, 4.69) is 0 Å². The lowest BCUT2D eigenvalue weighted by Gasteiger charge is -2.43. The summed E-state index contributed by atoms with van der Waals surface area (Å²) in [4.78, 5) is 0. The third-order valence-electron chi connectivity index (χ3n) is 5.60. The predicted molar refractivity (Wildman–Crippen MR) is 122 cm³/mol. The maximum Gasteiger partial charge on any atom is 0.184 e. The molecule has 1 heterocycles. The first-order chi connectivity index (χ1) is 15.7. The minimum Gasteiger partial charge on any atom is -0.368 e. The Kier molecular flexibility index (Phi) is 8.04. The fourth-order valence-corrected chi connectivity index (χ4v) is 3.89. The second kappa shape index (κ2) is 11.4. The van der Waals surface area contributed by atoms with Crippen molar-refractivity contribution in [2.24, 2.45) is 0 Å². The van der Waals surface area contributed by atoms with Crippen LogP contribution in [-0.2, 0) is 38.8 Å². The Morgan fingerprint density at radius 2 is 0.969 bits per heavy atom. The molecule has 1 N–H and O–H groups in total. The van der Waals surface area contributed by atoms with Crippen LogP contribution in [0.15, 0.2) is 91.0 Å². The minimum absolute atomic E-state index is 0.344. The molecule has 0 aromatic heterocycles. The van der Waals surface area contributed by atoms with Crippen molar-refractivity contribution in [2.45, 2.75) is 57.5 Å². The summed E-state index contributed by atoms with van der Waals surface area (Å²) in [6.07, 6.45) is -3.04. The number of aliphatic hydroxyl groups is 1. The number of ether oxygens (including phenoxy) is 4. The molecule has 0 bridgehead atoms. The zero-order valence-corrected chi connectivity index (χ0v) is 18.2. The standard InChI is InChI=1S/C27H30O5/c1-20-24(29-17-21-11-5-2-6-12-21)25(30-18-22-13-7-3-8-14-22)26(27(28)32-20)31-19-23-15-9-4-10-16-23/h2-16,20,24-28H,17-19H2,1H3/t20-,24-,25+,26-,27-/m0/s1. The van der Waals surface area contributed by atoms with Crippen LogP contribution in [0.5, 0.6) is 0 Å². The van der Waals surface area contributed by atoms with E-state index in [0.29, 0.717) is 19.8 Å². The molecular weight excluding hydrogens is 404 g/mol. The third kappa shape index (κ3) is 6.03. The topological polar surface area (TPSA) is 57.2 Å². The summed E-state index contributed by atoms with van der Waals surface area (Å²) in [5.74, 6) is 0. The summed E-state index contributed by atoms with van der Waals surface area (Å²) in [5, 5.41) is 10.7. The molecule has 0 radical (unpaired) electrons. The maximum atomic E-state index is 10.7. The van der Waals surface area contributed by atoms with Crippen LogP contribution in [0.4, 0.5) is 0 Å². The molecule has 3 aromatic carbocycles. The van der Waals surface area contributed by atoms with Gasteiger partial charge in [-0.05, 0) is 23.6 Å². The first-order valence-electron chi connectivity index (χ1n) is 11.0. The Balaban J connectivity index is 1.50. The molecule has 0 aliphatic carbocycles. The van der Waals surface area contributed by atoms with Crippen LogP contribution >= 0.6 is 0 Å². The van der Waals surface area contributed by atoms with Crippen LogP contribution in [0.3, 0.4) is 0 Å². The SMILES string of the molecule is C[C@@H]1O[C@H](O)[C@@H](OCc2ccccc2)[C@H](OCc2ccccc2)[C@H]1OCc1ccccc1. The minimum atomic E-state index is -1.11. The maximum absolute atomic E-state index is 10.7. The van der Waals surface area contributed by atoms with Crippen molar-refractivity contribution in [3.63, 3.8) is 0 Å². The van der Waals surface area contributed by atoms with Gasteiger partial charge in [0.2, 0.25) is 0 Å². The van der Waals surface area contributed by atoms with Crippen LogP contribution in [-0.4, -0.2) is 35.8 Å². The molecule has 4 rings (SSSR count). The second-order valence-corrected chi connectivity index (χ2v) is 8.02. The van der Waals surface area contributed by atoms with Gasteiger partial charge in [-0.15, -0.1) is 0 Å². The van der Waals surface area contributed by atoms with E-state index in [1.54, 1.807) is 0 Å². The van der Waals surface area contributed by atoms with Gasteiger partial charge in [0.15, 0.2) is 6.29 Å². The largest absolute Gasteiger partial charge is 0.368 e. The molecule has 1 fully saturated rings. The molecule has 0 spiro atoms. The van der Waals surface area contributed by atoms with Gasteiger partial charge in [0.05, 0.1) is 25.9 Å². The second-order valence-electron chi connectivity index (χ2n) is 8.02. The molecule has 5 nitrogen and oxygen atoms in total. The molecular formula is C27H30O5. The Hall–Kier alpha value is -2.54. The van der Waals surface area contributed by atoms with Crippen LogP contribution in [0.2, 0.25) is 0 Å². The predicted octanol–water partition coefficient (Wildman–Crippen LogP) is 4.48. The third-order valence-corrected chi connectivity index (χ3v) is 5.60. The Labute approximate surface area is 189 Å². The lowest BCUT2D eigenvalue weighted by Crippen LogP contribution is -2.59. The smallest absolute Gasteiger partial charge is 0.184 e. The van der Waals surface area contributed by atoms with E-state index in [-0.39, 0.29) is 6.10 Å². The fraction of sp³-hybridized carbons (Fsp3) is 0.333. The number of aliphatic hydroxyl groups excluding tert-OH is 1. The van der Waals surface area contributed by atoms with Gasteiger partial charge in [0.25, 0.3) is 0 Å². The van der Waals surface area contributed by atoms with Crippen molar-refractivity contribution in [1.29, 1.82) is 0 Å². The lowest BCUT2D eigenvalue weighted by atomic mass is 9.98. The normalized spacial score (nSPS) is 25.5. The quantitative estimate of drug-likeness (QED) is 0.538. The van der Waals surface area contributed by atoms with E-state index in [0.717, 1.165) is 16.7 Å². The number of hydrogen-bond acceptors (Lipinski definition) is 5. The van der Waals surface area contributed by atoms with E-state index in [1.165, 1.54) is 0 Å². The summed E-state index contributed by atoms with van der Waals surface area (Å²) < 4.78 is 24.5. The average molecular weight is 435 g/mol. The lowest BCUT2D eigenvalue weighted by molar-refractivity contribution is -0.308. The molecule has 168 valence electrons. The molecule has 1 aliphatic heterocycles. The monoisotopic (exact) mass is 434 g/mol. The number of hydrogen-bond donors (Lipinski definition) is 1. The first kappa shape index (κ1) is 22.6. The summed E-state index contributed by atoms with van der Waals surface area (Å²) >= 11 is 0. The van der Waals surface area contributed by atoms with E-state index in [1.807, 2.05) is 97.9 Å². The average Bonchev–Trinajstić information content (AvgIpc) is 2.83. The summed E-state index contributed by atoms with van der Waals surface area (Å²) in [6, 6.07) is 29.8. The molecule has 5 atom stereocenters. The molecule has 5 heteroatoms. The highest BCUT2D eigenvalue weighted by Gasteiger charge is 2.46. The molecule has 1 aliphatic rings. The van der Waals surface area contributed by atoms with Crippen molar-refractivity contribution in [1.82, 2.24) is 0 Å². The summed E-state index contributed by atoms with van der Waals surface area (Å²) in [6.45, 7) is 3.05. The van der Waals surface area contributed by atoms with Crippen LogP contribution in [0.1, 0.15) is 23.6 Å². The van der Waals surface area contributed by atoms with Gasteiger partial charge in [0.1, 0.15) is 18.3 Å². The fourth-order valence-electron chi connectivity index (χ4n) is 3.89.